The molecule has 1 N–H and O–H groups in total. The smallest absolute Gasteiger partial charge is 0.344 e. The fourth-order valence-electron chi connectivity index (χ4n) is 1.36. The van der Waals surface area contributed by atoms with Crippen molar-refractivity contribution in [3.8, 4) is 11.4 Å². The summed E-state index contributed by atoms with van der Waals surface area (Å²) in [5, 5.41) is 12.7. The second-order valence-electron chi connectivity index (χ2n) is 3.70. The number of carbonyl (C=O) groups is 1. The van der Waals surface area contributed by atoms with Gasteiger partial charge in [-0.1, -0.05) is 0 Å². The molecular weight excluding hydrogens is 239 g/mol. The summed E-state index contributed by atoms with van der Waals surface area (Å²) in [7, 11) is 0. The predicted molar refractivity (Wildman–Crippen MR) is 61.2 cm³/mol. The molecule has 0 aliphatic rings. The van der Waals surface area contributed by atoms with E-state index in [-0.39, 0.29) is 5.82 Å². The molecule has 1 heterocycles. The van der Waals surface area contributed by atoms with Crippen LogP contribution in [0.4, 0.5) is 4.39 Å². The van der Waals surface area contributed by atoms with Crippen molar-refractivity contribution in [1.82, 2.24) is 9.78 Å². The lowest BCUT2D eigenvalue weighted by molar-refractivity contribution is -0.144. The minimum absolute atomic E-state index is 0.332. The molecule has 0 spiro atoms. The number of aliphatic carboxylic acids is 1. The Morgan fingerprint density at radius 1 is 1.44 bits per heavy atom. The zero-order chi connectivity index (χ0) is 13.1. The van der Waals surface area contributed by atoms with E-state index in [1.165, 1.54) is 36.1 Å². The van der Waals surface area contributed by atoms with Crippen molar-refractivity contribution in [2.45, 2.75) is 13.0 Å². The summed E-state index contributed by atoms with van der Waals surface area (Å²) < 4.78 is 19.4. The number of aromatic nitrogens is 2. The summed E-state index contributed by atoms with van der Waals surface area (Å²) in [5.74, 6) is -1.04. The maximum atomic E-state index is 12.7. The lowest BCUT2D eigenvalue weighted by Gasteiger charge is -2.06. The molecule has 2 rings (SSSR count). The van der Waals surface area contributed by atoms with E-state index in [0.29, 0.717) is 11.4 Å². The Balaban J connectivity index is 2.15. The van der Waals surface area contributed by atoms with Crippen molar-refractivity contribution in [2.75, 3.05) is 0 Å². The van der Waals surface area contributed by atoms with E-state index in [4.69, 9.17) is 9.84 Å². The maximum absolute atomic E-state index is 12.7. The molecule has 1 aromatic heterocycles. The minimum Gasteiger partial charge on any atom is -0.479 e. The fraction of sp³-hybridized carbons (Fsp3) is 0.167. The molecule has 0 amide bonds. The molecule has 18 heavy (non-hydrogen) atoms. The Morgan fingerprint density at radius 2 is 2.11 bits per heavy atom. The molecule has 6 heteroatoms. The quantitative estimate of drug-likeness (QED) is 0.899. The number of hydrogen-bond donors (Lipinski definition) is 1. The van der Waals surface area contributed by atoms with Crippen LogP contribution < -0.4 is 4.74 Å². The molecule has 0 bridgehead atoms. The highest BCUT2D eigenvalue weighted by molar-refractivity contribution is 5.72. The van der Waals surface area contributed by atoms with Gasteiger partial charge in [0.25, 0.3) is 0 Å². The van der Waals surface area contributed by atoms with Crippen LogP contribution in [0, 0.1) is 5.82 Å². The van der Waals surface area contributed by atoms with E-state index in [1.807, 2.05) is 0 Å². The van der Waals surface area contributed by atoms with Gasteiger partial charge in [-0.05, 0) is 31.2 Å². The fourth-order valence-corrected chi connectivity index (χ4v) is 1.36. The number of halogens is 1. The summed E-state index contributed by atoms with van der Waals surface area (Å²) in [5.41, 5.74) is 0.661. The van der Waals surface area contributed by atoms with Crippen LogP contribution in [0.2, 0.25) is 0 Å². The van der Waals surface area contributed by atoms with Gasteiger partial charge in [0.2, 0.25) is 0 Å². The zero-order valence-corrected chi connectivity index (χ0v) is 9.58. The van der Waals surface area contributed by atoms with Gasteiger partial charge < -0.3 is 9.84 Å². The highest BCUT2D eigenvalue weighted by atomic mass is 19.1. The van der Waals surface area contributed by atoms with Crippen LogP contribution in [0.1, 0.15) is 6.92 Å². The Bertz CT molecular complexity index is 551. The molecule has 0 saturated carbocycles. The Labute approximate surface area is 102 Å². The van der Waals surface area contributed by atoms with Crippen molar-refractivity contribution >= 4 is 5.97 Å². The first-order valence-corrected chi connectivity index (χ1v) is 5.26. The van der Waals surface area contributed by atoms with Crippen LogP contribution in [0.25, 0.3) is 5.69 Å². The molecule has 2 aromatic rings. The molecule has 1 aromatic carbocycles. The Hall–Kier alpha value is -2.37. The van der Waals surface area contributed by atoms with Crippen molar-refractivity contribution in [1.29, 1.82) is 0 Å². The number of hydrogen-bond acceptors (Lipinski definition) is 3. The Kier molecular flexibility index (Phi) is 3.27. The first kappa shape index (κ1) is 12.1. The van der Waals surface area contributed by atoms with E-state index in [0.717, 1.165) is 0 Å². The summed E-state index contributed by atoms with van der Waals surface area (Å²) in [6, 6.07) is 5.76. The van der Waals surface area contributed by atoms with Gasteiger partial charge in [-0.15, -0.1) is 0 Å². The van der Waals surface area contributed by atoms with Crippen molar-refractivity contribution in [2.24, 2.45) is 0 Å². The molecule has 94 valence electrons. The number of carboxylic acids is 1. The van der Waals surface area contributed by atoms with Gasteiger partial charge in [-0.2, -0.15) is 5.10 Å². The summed E-state index contributed by atoms with van der Waals surface area (Å²) in [6.45, 7) is 1.43. The molecule has 0 radical (unpaired) electrons. The van der Waals surface area contributed by atoms with Crippen LogP contribution >= 0.6 is 0 Å². The maximum Gasteiger partial charge on any atom is 0.344 e. The number of benzene rings is 1. The van der Waals surface area contributed by atoms with Gasteiger partial charge in [0.05, 0.1) is 18.1 Å². The second kappa shape index (κ2) is 4.87. The lowest BCUT2D eigenvalue weighted by Crippen LogP contribution is -2.22. The van der Waals surface area contributed by atoms with Crippen LogP contribution in [0.5, 0.6) is 5.75 Å². The van der Waals surface area contributed by atoms with Crippen molar-refractivity contribution in [3.63, 3.8) is 0 Å². The third kappa shape index (κ3) is 2.65. The summed E-state index contributed by atoms with van der Waals surface area (Å²) >= 11 is 0. The average Bonchev–Trinajstić information content (AvgIpc) is 2.78. The Morgan fingerprint density at radius 3 is 2.72 bits per heavy atom. The minimum atomic E-state index is -1.05. The van der Waals surface area contributed by atoms with Gasteiger partial charge in [0.15, 0.2) is 11.9 Å². The van der Waals surface area contributed by atoms with Gasteiger partial charge in [-0.25, -0.2) is 13.9 Å². The third-order valence-electron chi connectivity index (χ3n) is 2.31. The largest absolute Gasteiger partial charge is 0.479 e. The van der Waals surface area contributed by atoms with E-state index < -0.39 is 12.1 Å². The topological polar surface area (TPSA) is 64.4 Å². The summed E-state index contributed by atoms with van der Waals surface area (Å²) in [6.07, 6.45) is 1.99. The van der Waals surface area contributed by atoms with Gasteiger partial charge in [-0.3, -0.25) is 0 Å². The number of nitrogens with zero attached hydrogens (tertiary/aromatic N) is 2. The van der Waals surface area contributed by atoms with Crippen LogP contribution in [0.3, 0.4) is 0 Å². The number of rotatable bonds is 4. The number of ether oxygens (including phenoxy) is 1. The monoisotopic (exact) mass is 250 g/mol. The van der Waals surface area contributed by atoms with Gasteiger partial charge >= 0.3 is 5.97 Å². The molecule has 1 unspecified atom stereocenters. The van der Waals surface area contributed by atoms with E-state index >= 15 is 0 Å². The number of carboxylic acid groups (broad SMARTS) is 1. The first-order valence-electron chi connectivity index (χ1n) is 5.26. The zero-order valence-electron chi connectivity index (χ0n) is 9.58. The second-order valence-corrected chi connectivity index (χ2v) is 3.70. The van der Waals surface area contributed by atoms with Gasteiger partial charge in [0.1, 0.15) is 5.82 Å². The standard InChI is InChI=1S/C12H11FN2O3/c1-8(12(16)17)18-11-6-14-15(7-11)10-4-2-9(13)3-5-10/h2-8H,1H3,(H,16,17). The molecule has 0 fully saturated rings. The average molecular weight is 250 g/mol. The summed E-state index contributed by atoms with van der Waals surface area (Å²) in [4.78, 5) is 10.6. The molecule has 5 nitrogen and oxygen atoms in total. The van der Waals surface area contributed by atoms with Crippen LogP contribution in [-0.4, -0.2) is 27.0 Å². The van der Waals surface area contributed by atoms with Crippen LogP contribution in [-0.2, 0) is 4.79 Å². The van der Waals surface area contributed by atoms with E-state index in [9.17, 15) is 9.18 Å². The van der Waals surface area contributed by atoms with E-state index in [1.54, 1.807) is 12.1 Å². The third-order valence-corrected chi connectivity index (χ3v) is 2.31. The molecule has 0 aliphatic carbocycles. The van der Waals surface area contributed by atoms with Crippen molar-refractivity contribution < 1.29 is 19.0 Å². The predicted octanol–water partition coefficient (Wildman–Crippen LogP) is 1.86. The molecule has 0 aliphatic heterocycles. The van der Waals surface area contributed by atoms with E-state index in [2.05, 4.69) is 5.10 Å². The molecule has 1 atom stereocenters. The van der Waals surface area contributed by atoms with Crippen molar-refractivity contribution in [3.05, 3.63) is 42.5 Å². The highest BCUT2D eigenvalue weighted by Crippen LogP contribution is 2.15. The van der Waals surface area contributed by atoms with Crippen LogP contribution in [0.15, 0.2) is 36.7 Å². The molecular formula is C12H11FN2O3. The molecule has 0 saturated heterocycles. The first-order chi connectivity index (χ1) is 8.56. The van der Waals surface area contributed by atoms with Gasteiger partial charge in [0, 0.05) is 0 Å². The normalized spacial score (nSPS) is 12.1. The SMILES string of the molecule is CC(Oc1cnn(-c2ccc(F)cc2)c1)C(=O)O. The highest BCUT2D eigenvalue weighted by Gasteiger charge is 2.13. The lowest BCUT2D eigenvalue weighted by atomic mass is 10.3.